The highest BCUT2D eigenvalue weighted by atomic mass is 16.2. The van der Waals surface area contributed by atoms with Gasteiger partial charge in [-0.25, -0.2) is 0 Å². The number of rotatable bonds is 2. The second kappa shape index (κ2) is 3.74. The third-order valence-corrected chi connectivity index (χ3v) is 2.41. The quantitative estimate of drug-likeness (QED) is 0.594. The Balaban J connectivity index is 2.44. The van der Waals surface area contributed by atoms with Gasteiger partial charge in [-0.05, 0) is 19.3 Å². The topological polar surface area (TPSA) is 20.3 Å². The minimum absolute atomic E-state index is 0.332. The van der Waals surface area contributed by atoms with E-state index in [9.17, 15) is 4.79 Å². The van der Waals surface area contributed by atoms with Crippen molar-refractivity contribution in [1.82, 2.24) is 4.90 Å². The molecule has 64 valence electrons. The van der Waals surface area contributed by atoms with Gasteiger partial charge in [0, 0.05) is 19.5 Å². The third-order valence-electron chi connectivity index (χ3n) is 2.41. The van der Waals surface area contributed by atoms with Crippen molar-refractivity contribution < 1.29 is 4.79 Å². The second-order valence-electron chi connectivity index (χ2n) is 3.39. The lowest BCUT2D eigenvalue weighted by molar-refractivity contribution is -0.137. The number of piperidine rings is 1. The molecule has 0 spiro atoms. The highest BCUT2D eigenvalue weighted by molar-refractivity contribution is 5.79. The van der Waals surface area contributed by atoms with Gasteiger partial charge in [0.15, 0.2) is 0 Å². The maximum atomic E-state index is 11.4. The zero-order valence-electron chi connectivity index (χ0n) is 7.47. The summed E-state index contributed by atoms with van der Waals surface area (Å²) in [4.78, 5) is 13.3. The molecule has 0 aromatic heterocycles. The Morgan fingerprint density at radius 1 is 1.64 bits per heavy atom. The highest BCUT2D eigenvalue weighted by Crippen LogP contribution is 2.20. The number of carbonyl (C=O) groups is 1. The van der Waals surface area contributed by atoms with Gasteiger partial charge in [-0.2, -0.15) is 0 Å². The van der Waals surface area contributed by atoms with Crippen LogP contribution in [0.1, 0.15) is 32.6 Å². The van der Waals surface area contributed by atoms with Crippen molar-refractivity contribution in [2.75, 3.05) is 13.6 Å². The summed E-state index contributed by atoms with van der Waals surface area (Å²) in [7, 11) is 1.91. The van der Waals surface area contributed by atoms with Gasteiger partial charge < -0.3 is 4.90 Å². The van der Waals surface area contributed by atoms with Gasteiger partial charge in [-0.1, -0.05) is 13.3 Å². The summed E-state index contributed by atoms with van der Waals surface area (Å²) in [5, 5.41) is 0. The minimum atomic E-state index is 0.332. The van der Waals surface area contributed by atoms with Crippen molar-refractivity contribution in [2.24, 2.45) is 5.92 Å². The van der Waals surface area contributed by atoms with Crippen LogP contribution < -0.4 is 0 Å². The molecule has 0 saturated carbocycles. The molecule has 1 atom stereocenters. The molecule has 0 aromatic rings. The maximum Gasteiger partial charge on any atom is 0.225 e. The molecule has 0 bridgehead atoms. The fourth-order valence-electron chi connectivity index (χ4n) is 1.74. The van der Waals surface area contributed by atoms with Crippen LogP contribution in [0, 0.1) is 5.92 Å². The molecule has 0 aromatic carbocycles. The summed E-state index contributed by atoms with van der Waals surface area (Å²) in [6.07, 6.45) is 4.50. The van der Waals surface area contributed by atoms with Gasteiger partial charge in [-0.3, -0.25) is 4.79 Å². The smallest absolute Gasteiger partial charge is 0.225 e. The van der Waals surface area contributed by atoms with Crippen LogP contribution in [0.4, 0.5) is 0 Å². The van der Waals surface area contributed by atoms with Crippen LogP contribution in [-0.2, 0) is 4.79 Å². The summed E-state index contributed by atoms with van der Waals surface area (Å²) >= 11 is 0. The monoisotopic (exact) mass is 155 g/mol. The number of carbonyl (C=O) groups excluding carboxylic acids is 1. The zero-order chi connectivity index (χ0) is 8.27. The third kappa shape index (κ3) is 1.95. The van der Waals surface area contributed by atoms with E-state index < -0.39 is 0 Å². The molecule has 2 nitrogen and oxygen atoms in total. The Bertz CT molecular complexity index is 142. The Hall–Kier alpha value is -0.530. The fraction of sp³-hybridized carbons (Fsp3) is 0.889. The average molecular weight is 155 g/mol. The Kier molecular flexibility index (Phi) is 2.92. The maximum absolute atomic E-state index is 11.4. The van der Waals surface area contributed by atoms with Gasteiger partial charge in [0.05, 0.1) is 0 Å². The van der Waals surface area contributed by atoms with Crippen LogP contribution in [0.2, 0.25) is 0 Å². The van der Waals surface area contributed by atoms with Crippen molar-refractivity contribution >= 4 is 5.91 Å². The molecular weight excluding hydrogens is 138 g/mol. The molecule has 2 heteroatoms. The molecule has 1 rings (SSSR count). The molecule has 0 unspecified atom stereocenters. The minimum Gasteiger partial charge on any atom is -0.346 e. The first-order valence-electron chi connectivity index (χ1n) is 4.50. The summed E-state index contributed by atoms with van der Waals surface area (Å²) in [6, 6.07) is 0. The Morgan fingerprint density at radius 2 is 2.36 bits per heavy atom. The molecule has 1 heterocycles. The van der Waals surface area contributed by atoms with E-state index in [1.807, 2.05) is 11.9 Å². The van der Waals surface area contributed by atoms with Crippen molar-refractivity contribution in [3.63, 3.8) is 0 Å². The SMILES string of the molecule is CCC[C@H]1CCCN(C)C1=O. The first-order valence-corrected chi connectivity index (χ1v) is 4.50. The summed E-state index contributed by atoms with van der Waals surface area (Å²) in [5.41, 5.74) is 0. The van der Waals surface area contributed by atoms with Crippen LogP contribution >= 0.6 is 0 Å². The molecular formula is C9H17NO. The average Bonchev–Trinajstić information content (AvgIpc) is 1.99. The van der Waals surface area contributed by atoms with Gasteiger partial charge in [0.25, 0.3) is 0 Å². The van der Waals surface area contributed by atoms with Crippen molar-refractivity contribution in [2.45, 2.75) is 32.6 Å². The zero-order valence-corrected chi connectivity index (χ0v) is 7.47. The van der Waals surface area contributed by atoms with Crippen LogP contribution in [0.3, 0.4) is 0 Å². The van der Waals surface area contributed by atoms with E-state index in [-0.39, 0.29) is 0 Å². The lowest BCUT2D eigenvalue weighted by Crippen LogP contribution is -2.38. The van der Waals surface area contributed by atoms with Gasteiger partial charge >= 0.3 is 0 Å². The van der Waals surface area contributed by atoms with E-state index in [4.69, 9.17) is 0 Å². The van der Waals surface area contributed by atoms with Gasteiger partial charge in [0.2, 0.25) is 5.91 Å². The van der Waals surface area contributed by atoms with Crippen LogP contribution in [0.25, 0.3) is 0 Å². The molecule has 0 N–H and O–H groups in total. The molecule has 0 aliphatic carbocycles. The summed E-state index contributed by atoms with van der Waals surface area (Å²) in [6.45, 7) is 3.10. The summed E-state index contributed by atoms with van der Waals surface area (Å²) in [5.74, 6) is 0.692. The largest absolute Gasteiger partial charge is 0.346 e. The number of hydrogen-bond donors (Lipinski definition) is 0. The molecule has 1 aliphatic heterocycles. The first kappa shape index (κ1) is 8.57. The highest BCUT2D eigenvalue weighted by Gasteiger charge is 2.24. The van der Waals surface area contributed by atoms with E-state index in [0.717, 1.165) is 25.8 Å². The number of amides is 1. The molecule has 11 heavy (non-hydrogen) atoms. The van der Waals surface area contributed by atoms with Crippen LogP contribution in [0.5, 0.6) is 0 Å². The van der Waals surface area contributed by atoms with Crippen LogP contribution in [-0.4, -0.2) is 24.4 Å². The molecule has 1 fully saturated rings. The normalized spacial score (nSPS) is 25.8. The van der Waals surface area contributed by atoms with Gasteiger partial charge in [0.1, 0.15) is 0 Å². The van der Waals surface area contributed by atoms with Crippen LogP contribution in [0.15, 0.2) is 0 Å². The van der Waals surface area contributed by atoms with E-state index in [1.165, 1.54) is 6.42 Å². The van der Waals surface area contributed by atoms with Crippen molar-refractivity contribution in [3.8, 4) is 0 Å². The van der Waals surface area contributed by atoms with E-state index in [2.05, 4.69) is 6.92 Å². The van der Waals surface area contributed by atoms with Crippen molar-refractivity contribution in [1.29, 1.82) is 0 Å². The molecule has 1 saturated heterocycles. The molecule has 1 amide bonds. The predicted octanol–water partition coefficient (Wildman–Crippen LogP) is 1.65. The number of hydrogen-bond acceptors (Lipinski definition) is 1. The summed E-state index contributed by atoms with van der Waals surface area (Å²) < 4.78 is 0. The number of likely N-dealkylation sites (tertiary alicyclic amines) is 1. The Morgan fingerprint density at radius 3 is 3.00 bits per heavy atom. The molecule has 1 aliphatic rings. The first-order chi connectivity index (χ1) is 5.25. The number of nitrogens with zero attached hydrogens (tertiary/aromatic N) is 1. The van der Waals surface area contributed by atoms with E-state index in [0.29, 0.717) is 11.8 Å². The van der Waals surface area contributed by atoms with Gasteiger partial charge in [-0.15, -0.1) is 0 Å². The second-order valence-corrected chi connectivity index (χ2v) is 3.39. The van der Waals surface area contributed by atoms with E-state index >= 15 is 0 Å². The standard InChI is InChI=1S/C9H17NO/c1-3-5-8-6-4-7-10(2)9(8)11/h8H,3-7H2,1-2H3/t8-/m0/s1. The lowest BCUT2D eigenvalue weighted by Gasteiger charge is -2.28. The molecule has 0 radical (unpaired) electrons. The van der Waals surface area contributed by atoms with E-state index in [1.54, 1.807) is 0 Å². The fourth-order valence-corrected chi connectivity index (χ4v) is 1.74. The Labute approximate surface area is 68.6 Å². The predicted molar refractivity (Wildman–Crippen MR) is 45.3 cm³/mol. The lowest BCUT2D eigenvalue weighted by atomic mass is 9.93. The van der Waals surface area contributed by atoms with Crippen molar-refractivity contribution in [3.05, 3.63) is 0 Å².